The highest BCUT2D eigenvalue weighted by molar-refractivity contribution is 7.89. The minimum absolute atomic E-state index is 0.0418. The molecule has 0 radical (unpaired) electrons. The molecule has 1 aliphatic rings. The van der Waals surface area contributed by atoms with Crippen molar-refractivity contribution in [2.45, 2.75) is 30.7 Å². The quantitative estimate of drug-likeness (QED) is 0.709. The summed E-state index contributed by atoms with van der Waals surface area (Å²) in [5.74, 6) is -1.44. The monoisotopic (exact) mass is 408 g/mol. The number of halogens is 1. The number of imidazole rings is 1. The predicted molar refractivity (Wildman–Crippen MR) is 103 cm³/mol. The van der Waals surface area contributed by atoms with Crippen molar-refractivity contribution in [3.63, 3.8) is 0 Å². The van der Waals surface area contributed by atoms with Gasteiger partial charge in [0.2, 0.25) is 5.91 Å². The molecule has 1 aromatic carbocycles. The number of carbonyl (C=O) groups excluding carboxylic acids is 1. The van der Waals surface area contributed by atoms with Gasteiger partial charge in [-0.15, -0.1) is 0 Å². The summed E-state index contributed by atoms with van der Waals surface area (Å²) in [5.41, 5.74) is 0.746. The molecule has 1 fully saturated rings. The fourth-order valence-electron chi connectivity index (χ4n) is 3.45. The molecule has 1 saturated heterocycles. The molecular weight excluding hydrogens is 383 g/mol. The van der Waals surface area contributed by atoms with Crippen LogP contribution in [0.1, 0.15) is 31.2 Å². The lowest BCUT2D eigenvalue weighted by Crippen LogP contribution is -2.36. The third-order valence-electron chi connectivity index (χ3n) is 5.04. The highest BCUT2D eigenvalue weighted by Gasteiger charge is 2.44. The maximum absolute atomic E-state index is 13.3. The van der Waals surface area contributed by atoms with Crippen LogP contribution in [0.4, 0.5) is 4.39 Å². The number of hydrogen-bond donors (Lipinski definition) is 1. The first-order valence-electron chi connectivity index (χ1n) is 9.34. The van der Waals surface area contributed by atoms with Gasteiger partial charge in [0.15, 0.2) is 5.03 Å². The number of rotatable bonds is 7. The first kappa shape index (κ1) is 20.5. The molecule has 1 aromatic heterocycles. The molecule has 2 heterocycles. The number of benzene rings is 1. The van der Waals surface area contributed by atoms with E-state index >= 15 is 0 Å². The molecule has 7 nitrogen and oxygen atoms in total. The Labute approximate surface area is 164 Å². The summed E-state index contributed by atoms with van der Waals surface area (Å²) in [5, 5.41) is 2.86. The van der Waals surface area contributed by atoms with E-state index in [0.717, 1.165) is 18.4 Å². The van der Waals surface area contributed by atoms with Crippen molar-refractivity contribution in [2.75, 3.05) is 19.6 Å². The largest absolute Gasteiger partial charge is 0.356 e. The van der Waals surface area contributed by atoms with Gasteiger partial charge in [-0.05, 0) is 24.1 Å². The van der Waals surface area contributed by atoms with Crippen molar-refractivity contribution < 1.29 is 17.6 Å². The van der Waals surface area contributed by atoms with E-state index in [1.807, 2.05) is 6.92 Å². The Morgan fingerprint density at radius 2 is 2.00 bits per heavy atom. The minimum Gasteiger partial charge on any atom is -0.356 e. The smallest absolute Gasteiger partial charge is 0.262 e. The summed E-state index contributed by atoms with van der Waals surface area (Å²) < 4.78 is 42.1. The number of nitrogens with zero attached hydrogens (tertiary/aromatic N) is 3. The van der Waals surface area contributed by atoms with Crippen molar-refractivity contribution in [3.8, 4) is 0 Å². The van der Waals surface area contributed by atoms with E-state index in [4.69, 9.17) is 0 Å². The van der Waals surface area contributed by atoms with Gasteiger partial charge in [-0.25, -0.2) is 17.8 Å². The first-order valence-corrected chi connectivity index (χ1v) is 10.8. The molecule has 2 atom stereocenters. The van der Waals surface area contributed by atoms with Gasteiger partial charge >= 0.3 is 0 Å². The SMILES string of the molecule is CCCCNC(=O)C1CN(S(=O)(=O)c2cn(C)cn2)CC1c1ccc(F)cc1. The van der Waals surface area contributed by atoms with Gasteiger partial charge in [0.05, 0.1) is 12.2 Å². The zero-order valence-electron chi connectivity index (χ0n) is 16.0. The maximum atomic E-state index is 13.3. The van der Waals surface area contributed by atoms with E-state index in [1.165, 1.54) is 29.0 Å². The molecule has 0 saturated carbocycles. The van der Waals surface area contributed by atoms with E-state index in [0.29, 0.717) is 6.54 Å². The topological polar surface area (TPSA) is 84.3 Å². The highest BCUT2D eigenvalue weighted by atomic mass is 32.2. The van der Waals surface area contributed by atoms with Gasteiger partial charge in [-0.3, -0.25) is 4.79 Å². The number of aromatic nitrogens is 2. The molecule has 2 unspecified atom stereocenters. The highest BCUT2D eigenvalue weighted by Crippen LogP contribution is 2.35. The fourth-order valence-corrected chi connectivity index (χ4v) is 4.91. The summed E-state index contributed by atoms with van der Waals surface area (Å²) in [7, 11) is -2.12. The molecule has 0 bridgehead atoms. The number of nitrogens with one attached hydrogen (secondary N) is 1. The summed E-state index contributed by atoms with van der Waals surface area (Å²) in [6.07, 6.45) is 4.67. The van der Waals surface area contributed by atoms with Crippen molar-refractivity contribution >= 4 is 15.9 Å². The third kappa shape index (κ3) is 4.25. The van der Waals surface area contributed by atoms with Crippen molar-refractivity contribution in [1.82, 2.24) is 19.2 Å². The Hall–Kier alpha value is -2.26. The first-order chi connectivity index (χ1) is 13.3. The van der Waals surface area contributed by atoms with Gasteiger partial charge < -0.3 is 9.88 Å². The second-order valence-corrected chi connectivity index (χ2v) is 8.99. The lowest BCUT2D eigenvalue weighted by Gasteiger charge is -2.18. The van der Waals surface area contributed by atoms with Crippen LogP contribution in [0, 0.1) is 11.7 Å². The standard InChI is InChI=1S/C19H25FN4O3S/c1-3-4-9-21-19(25)17-11-24(28(26,27)18-12-23(2)13-22-18)10-16(17)14-5-7-15(20)8-6-14/h5-8,12-13,16-17H,3-4,9-11H2,1-2H3,(H,21,25). The minimum atomic E-state index is -3.81. The molecule has 152 valence electrons. The van der Waals surface area contributed by atoms with Crippen LogP contribution < -0.4 is 5.32 Å². The molecule has 1 amide bonds. The van der Waals surface area contributed by atoms with Crippen LogP contribution in [0.2, 0.25) is 0 Å². The molecule has 28 heavy (non-hydrogen) atoms. The average Bonchev–Trinajstić information content (AvgIpc) is 3.30. The van der Waals surface area contributed by atoms with Crippen LogP contribution >= 0.6 is 0 Å². The molecule has 1 aliphatic heterocycles. The van der Waals surface area contributed by atoms with Crippen molar-refractivity contribution in [3.05, 3.63) is 48.2 Å². The summed E-state index contributed by atoms with van der Waals surface area (Å²) in [6.45, 7) is 2.80. The van der Waals surface area contributed by atoms with Crippen molar-refractivity contribution in [2.24, 2.45) is 13.0 Å². The van der Waals surface area contributed by atoms with Crippen LogP contribution in [0.3, 0.4) is 0 Å². The van der Waals surface area contributed by atoms with E-state index in [1.54, 1.807) is 23.7 Å². The van der Waals surface area contributed by atoms with Crippen LogP contribution in [0.25, 0.3) is 0 Å². The molecule has 3 rings (SSSR count). The Balaban J connectivity index is 1.87. The van der Waals surface area contributed by atoms with E-state index < -0.39 is 15.9 Å². The molecule has 2 aromatic rings. The van der Waals surface area contributed by atoms with Crippen LogP contribution in [0.15, 0.2) is 41.8 Å². The summed E-state index contributed by atoms with van der Waals surface area (Å²) in [6, 6.07) is 5.89. The van der Waals surface area contributed by atoms with Crippen LogP contribution in [0.5, 0.6) is 0 Å². The number of unbranched alkanes of at least 4 members (excludes halogenated alkanes) is 1. The van der Waals surface area contributed by atoms with E-state index in [9.17, 15) is 17.6 Å². The normalized spacial score (nSPS) is 20.4. The zero-order chi connectivity index (χ0) is 20.3. The molecular formula is C19H25FN4O3S. The number of sulfonamides is 1. The number of amides is 1. The number of carbonyl (C=O) groups is 1. The zero-order valence-corrected chi connectivity index (χ0v) is 16.8. The van der Waals surface area contributed by atoms with Crippen LogP contribution in [-0.2, 0) is 21.9 Å². The third-order valence-corrected chi connectivity index (χ3v) is 6.75. The Morgan fingerprint density at radius 1 is 1.29 bits per heavy atom. The number of hydrogen-bond acceptors (Lipinski definition) is 4. The predicted octanol–water partition coefficient (Wildman–Crippen LogP) is 1.88. The fraction of sp³-hybridized carbons (Fsp3) is 0.474. The Bertz CT molecular complexity index is 927. The molecule has 9 heteroatoms. The second kappa shape index (κ2) is 8.40. The average molecular weight is 408 g/mol. The van der Waals surface area contributed by atoms with Crippen molar-refractivity contribution in [1.29, 1.82) is 0 Å². The molecule has 0 spiro atoms. The van der Waals surface area contributed by atoms with Gasteiger partial charge in [-0.2, -0.15) is 4.31 Å². The second-order valence-electron chi connectivity index (χ2n) is 7.11. The van der Waals surface area contributed by atoms with Gasteiger partial charge in [0.25, 0.3) is 10.0 Å². The van der Waals surface area contributed by atoms with E-state index in [2.05, 4.69) is 10.3 Å². The maximum Gasteiger partial charge on any atom is 0.262 e. The lowest BCUT2D eigenvalue weighted by atomic mass is 9.88. The summed E-state index contributed by atoms with van der Waals surface area (Å²) >= 11 is 0. The van der Waals surface area contributed by atoms with Crippen LogP contribution in [-0.4, -0.2) is 47.8 Å². The summed E-state index contributed by atoms with van der Waals surface area (Å²) in [4.78, 5) is 16.7. The van der Waals surface area contributed by atoms with Gasteiger partial charge in [0.1, 0.15) is 5.82 Å². The Morgan fingerprint density at radius 3 is 2.61 bits per heavy atom. The van der Waals surface area contributed by atoms with Gasteiger partial charge in [-0.1, -0.05) is 25.5 Å². The lowest BCUT2D eigenvalue weighted by molar-refractivity contribution is -0.124. The number of aryl methyl sites for hydroxylation is 1. The van der Waals surface area contributed by atoms with E-state index in [-0.39, 0.29) is 35.8 Å². The van der Waals surface area contributed by atoms with Gasteiger partial charge in [0, 0.05) is 38.8 Å². The Kier molecular flexibility index (Phi) is 6.14. The molecule has 1 N–H and O–H groups in total. The molecule has 0 aliphatic carbocycles.